The molecule has 3 atom stereocenters. The van der Waals surface area contributed by atoms with Crippen LogP contribution in [-0.4, -0.2) is 39.6 Å². The molecule has 0 bridgehead atoms. The minimum Gasteiger partial charge on any atom is -0.394 e. The number of thiazole rings is 1. The van der Waals surface area contributed by atoms with E-state index in [0.29, 0.717) is 11.3 Å². The molecule has 4 rings (SSSR count). The minimum atomic E-state index is -4.39. The summed E-state index contributed by atoms with van der Waals surface area (Å²) in [6.45, 7) is 1.47. The maximum Gasteiger partial charge on any atom is 0.416 e. The Balaban J connectivity index is 1.56. The van der Waals surface area contributed by atoms with E-state index in [1.165, 1.54) is 28.4 Å². The number of alkyl halides is 3. The molecule has 0 aliphatic carbocycles. The van der Waals surface area contributed by atoms with Gasteiger partial charge in [-0.3, -0.25) is 4.79 Å². The average molecular weight is 457 g/mol. The number of nitriles is 1. The molecule has 1 aliphatic heterocycles. The van der Waals surface area contributed by atoms with Gasteiger partial charge in [0.1, 0.15) is 6.04 Å². The van der Waals surface area contributed by atoms with E-state index in [4.69, 9.17) is 0 Å². The lowest BCUT2D eigenvalue weighted by Gasteiger charge is -2.51. The molecule has 3 aromatic rings. The summed E-state index contributed by atoms with van der Waals surface area (Å²) in [5, 5.41) is 21.6. The predicted octanol–water partition coefficient (Wildman–Crippen LogP) is 4.63. The zero-order valence-electron chi connectivity index (χ0n) is 16.9. The second kappa shape index (κ2) is 8.37. The molecular formula is C23H18F3N3O2S. The Labute approximate surface area is 186 Å². The Kier molecular flexibility index (Phi) is 5.75. The van der Waals surface area contributed by atoms with E-state index >= 15 is 0 Å². The third kappa shape index (κ3) is 3.87. The van der Waals surface area contributed by atoms with Crippen LogP contribution >= 0.6 is 11.3 Å². The van der Waals surface area contributed by atoms with Crippen molar-refractivity contribution in [1.29, 1.82) is 5.26 Å². The van der Waals surface area contributed by atoms with Crippen LogP contribution < -0.4 is 0 Å². The number of benzene rings is 2. The molecule has 0 radical (unpaired) electrons. The molecule has 1 amide bonds. The number of aromatic nitrogens is 1. The van der Waals surface area contributed by atoms with Crippen molar-refractivity contribution < 1.29 is 23.1 Å². The van der Waals surface area contributed by atoms with Gasteiger partial charge in [-0.25, -0.2) is 4.98 Å². The number of carbonyl (C=O) groups is 1. The fraction of sp³-hybridized carbons (Fsp3) is 0.261. The Morgan fingerprint density at radius 1 is 1.16 bits per heavy atom. The van der Waals surface area contributed by atoms with E-state index in [1.54, 1.807) is 36.6 Å². The van der Waals surface area contributed by atoms with Gasteiger partial charge in [-0.1, -0.05) is 36.4 Å². The van der Waals surface area contributed by atoms with E-state index in [2.05, 4.69) is 11.1 Å². The van der Waals surface area contributed by atoms with Gasteiger partial charge < -0.3 is 10.0 Å². The number of carbonyl (C=O) groups excluding carboxylic acids is 1. The highest BCUT2D eigenvalue weighted by atomic mass is 32.1. The number of aryl methyl sites for hydroxylation is 1. The molecule has 1 aliphatic rings. The van der Waals surface area contributed by atoms with Crippen LogP contribution in [0.1, 0.15) is 32.5 Å². The van der Waals surface area contributed by atoms with Gasteiger partial charge >= 0.3 is 6.18 Å². The smallest absolute Gasteiger partial charge is 0.394 e. The summed E-state index contributed by atoms with van der Waals surface area (Å²) < 4.78 is 38.3. The first-order valence-corrected chi connectivity index (χ1v) is 10.7. The Bertz CT molecular complexity index is 1170. The average Bonchev–Trinajstić information content (AvgIpc) is 3.20. The highest BCUT2D eigenvalue weighted by Crippen LogP contribution is 2.42. The summed E-state index contributed by atoms with van der Waals surface area (Å²) in [5.74, 6) is -0.761. The van der Waals surface area contributed by atoms with Crippen LogP contribution in [0.2, 0.25) is 0 Å². The minimum absolute atomic E-state index is 0.275. The fourth-order valence-corrected chi connectivity index (χ4v) is 4.74. The van der Waals surface area contributed by atoms with E-state index < -0.39 is 23.8 Å². The molecule has 1 fully saturated rings. The first-order valence-electron chi connectivity index (χ1n) is 9.77. The van der Waals surface area contributed by atoms with Crippen LogP contribution in [0.5, 0.6) is 0 Å². The predicted molar refractivity (Wildman–Crippen MR) is 113 cm³/mol. The molecule has 0 saturated carbocycles. The van der Waals surface area contributed by atoms with Gasteiger partial charge in [-0.05, 0) is 35.7 Å². The number of likely N-dealkylation sites (tertiary alicyclic amines) is 1. The van der Waals surface area contributed by atoms with Gasteiger partial charge in [0.05, 0.1) is 24.3 Å². The lowest BCUT2D eigenvalue weighted by atomic mass is 9.75. The summed E-state index contributed by atoms with van der Waals surface area (Å²) in [5.41, 5.74) is 2.12. The van der Waals surface area contributed by atoms with Crippen molar-refractivity contribution >= 4 is 17.2 Å². The van der Waals surface area contributed by atoms with Crippen molar-refractivity contribution in [3.63, 3.8) is 0 Å². The Hall–Kier alpha value is -3.22. The molecule has 9 heteroatoms. The number of amides is 1. The van der Waals surface area contributed by atoms with Crippen LogP contribution in [0.4, 0.5) is 13.2 Å². The van der Waals surface area contributed by atoms with Crippen molar-refractivity contribution in [3.8, 4) is 17.2 Å². The van der Waals surface area contributed by atoms with E-state index in [-0.39, 0.29) is 23.4 Å². The number of hydrogen-bond donors (Lipinski definition) is 1. The highest BCUT2D eigenvalue weighted by molar-refractivity contribution is 7.11. The number of halogens is 3. The van der Waals surface area contributed by atoms with Crippen molar-refractivity contribution in [3.05, 3.63) is 75.7 Å². The highest BCUT2D eigenvalue weighted by Gasteiger charge is 2.52. The van der Waals surface area contributed by atoms with Crippen LogP contribution in [0.3, 0.4) is 0 Å². The number of aliphatic hydroxyl groups excluding tert-OH is 1. The lowest BCUT2D eigenvalue weighted by Crippen LogP contribution is -2.65. The normalized spacial score (nSPS) is 20.5. The quantitative estimate of drug-likeness (QED) is 0.620. The van der Waals surface area contributed by atoms with Gasteiger partial charge in [0.25, 0.3) is 5.91 Å². The monoisotopic (exact) mass is 457 g/mol. The first-order chi connectivity index (χ1) is 15.2. The molecule has 1 saturated heterocycles. The second-order valence-electron chi connectivity index (χ2n) is 7.55. The first kappa shape index (κ1) is 22.0. The molecule has 5 nitrogen and oxygen atoms in total. The summed E-state index contributed by atoms with van der Waals surface area (Å²) in [7, 11) is 0. The summed E-state index contributed by atoms with van der Waals surface area (Å²) >= 11 is 1.20. The molecule has 2 heterocycles. The van der Waals surface area contributed by atoms with Gasteiger partial charge in [-0.15, -0.1) is 11.3 Å². The molecule has 1 aromatic heterocycles. The van der Waals surface area contributed by atoms with Gasteiger partial charge in [0, 0.05) is 17.0 Å². The van der Waals surface area contributed by atoms with Crippen LogP contribution in [0.25, 0.3) is 11.1 Å². The number of hydrogen-bond acceptors (Lipinski definition) is 5. The molecular weight excluding hydrogens is 439 g/mol. The third-order valence-corrected chi connectivity index (χ3v) is 6.56. The van der Waals surface area contributed by atoms with Crippen LogP contribution in [-0.2, 0) is 6.18 Å². The standard InChI is InChI=1S/C23H18F3N3O2S/c1-13-12-32-21(28-13)22(31)29-18(10-27)20(19(29)11-30)16-4-2-14(3-5-16)15-6-8-17(9-7-15)23(24,25)26/h2-9,12,18-20,30H,11H2,1H3. The van der Waals surface area contributed by atoms with E-state index in [1.807, 2.05) is 0 Å². The van der Waals surface area contributed by atoms with Gasteiger partial charge in [0.15, 0.2) is 5.01 Å². The van der Waals surface area contributed by atoms with Gasteiger partial charge in [-0.2, -0.15) is 18.4 Å². The fourth-order valence-electron chi connectivity index (χ4n) is 4.00. The van der Waals surface area contributed by atoms with Crippen molar-refractivity contribution in [2.24, 2.45) is 0 Å². The number of aliphatic hydroxyl groups is 1. The zero-order valence-corrected chi connectivity index (χ0v) is 17.7. The molecule has 1 N–H and O–H groups in total. The second-order valence-corrected chi connectivity index (χ2v) is 8.41. The zero-order chi connectivity index (χ0) is 23.0. The van der Waals surface area contributed by atoms with Crippen molar-refractivity contribution in [2.45, 2.75) is 31.1 Å². The molecule has 2 aromatic carbocycles. The Morgan fingerprint density at radius 2 is 1.75 bits per heavy atom. The van der Waals surface area contributed by atoms with Crippen molar-refractivity contribution in [1.82, 2.24) is 9.88 Å². The molecule has 164 valence electrons. The topological polar surface area (TPSA) is 77.2 Å². The largest absolute Gasteiger partial charge is 0.416 e. The third-order valence-electron chi connectivity index (χ3n) is 5.61. The summed E-state index contributed by atoms with van der Waals surface area (Å²) in [6, 6.07) is 12.8. The molecule has 3 unspecified atom stereocenters. The molecule has 32 heavy (non-hydrogen) atoms. The van der Waals surface area contributed by atoms with E-state index in [0.717, 1.165) is 23.3 Å². The van der Waals surface area contributed by atoms with Crippen LogP contribution in [0.15, 0.2) is 53.9 Å². The van der Waals surface area contributed by atoms with Gasteiger partial charge in [0.2, 0.25) is 0 Å². The summed E-state index contributed by atoms with van der Waals surface area (Å²) in [6.07, 6.45) is -4.39. The number of rotatable bonds is 4. The SMILES string of the molecule is Cc1csc(C(=O)N2C(C#N)C(c3ccc(-c4ccc(C(F)(F)F)cc4)cc3)C2CO)n1. The maximum absolute atomic E-state index is 12.8. The number of nitrogens with zero attached hydrogens (tertiary/aromatic N) is 3. The lowest BCUT2D eigenvalue weighted by molar-refractivity contribution is -0.137. The molecule has 0 spiro atoms. The van der Waals surface area contributed by atoms with Crippen LogP contribution in [0, 0.1) is 18.3 Å². The van der Waals surface area contributed by atoms with E-state index in [9.17, 15) is 28.3 Å². The maximum atomic E-state index is 12.8. The summed E-state index contributed by atoms with van der Waals surface area (Å²) in [4.78, 5) is 18.4. The Morgan fingerprint density at radius 3 is 2.22 bits per heavy atom. The van der Waals surface area contributed by atoms with Crippen molar-refractivity contribution in [2.75, 3.05) is 6.61 Å².